The van der Waals surface area contributed by atoms with Gasteiger partial charge in [-0.1, -0.05) is 110 Å². The van der Waals surface area contributed by atoms with E-state index in [4.69, 9.17) is 20.9 Å². The topological polar surface area (TPSA) is 331 Å². The minimum Gasteiger partial charge on any atom is -0.467 e. The number of urea groups is 1. The number of aromatic nitrogens is 1. The molecule has 3 aromatic rings. The maximum Gasteiger partial charge on any atom is 0.408 e. The second-order valence-electron chi connectivity index (χ2n) is 18.5. The summed E-state index contributed by atoms with van der Waals surface area (Å²) in [6.07, 6.45) is 1.95. The van der Waals surface area contributed by atoms with Crippen LogP contribution >= 0.6 is 0 Å². The molecular weight excluding hydrogens is 917 g/mol. The maximum atomic E-state index is 13.9. The summed E-state index contributed by atoms with van der Waals surface area (Å²) in [7, 11) is 1.22. The minimum absolute atomic E-state index is 0.0507. The van der Waals surface area contributed by atoms with Crippen LogP contribution in [0.3, 0.4) is 0 Å². The summed E-state index contributed by atoms with van der Waals surface area (Å²) in [4.78, 5) is 115. The molecule has 0 aliphatic carbocycles. The lowest BCUT2D eigenvalue weighted by Gasteiger charge is -2.29. The first-order chi connectivity index (χ1) is 33.6. The van der Waals surface area contributed by atoms with Crippen molar-refractivity contribution >= 4 is 64.5 Å². The molecule has 0 radical (unpaired) electrons. The van der Waals surface area contributed by atoms with E-state index in [1.165, 1.54) is 7.11 Å². The smallest absolute Gasteiger partial charge is 0.408 e. The molecule has 7 atom stereocenters. The molecule has 1 aromatic heterocycles. The van der Waals surface area contributed by atoms with Gasteiger partial charge in [0.05, 0.1) is 7.11 Å². The van der Waals surface area contributed by atoms with Gasteiger partial charge >= 0.3 is 18.1 Å². The van der Waals surface area contributed by atoms with Gasteiger partial charge in [0, 0.05) is 30.1 Å². The van der Waals surface area contributed by atoms with E-state index in [0.29, 0.717) is 6.42 Å². The summed E-state index contributed by atoms with van der Waals surface area (Å²) < 4.78 is 10.3. The monoisotopic (exact) mass is 991 g/mol. The van der Waals surface area contributed by atoms with Crippen LogP contribution in [0.4, 0.5) is 9.59 Å². The van der Waals surface area contributed by atoms with Crippen molar-refractivity contribution in [3.05, 3.63) is 71.9 Å². The molecule has 0 aliphatic heterocycles. The van der Waals surface area contributed by atoms with Crippen LogP contribution in [-0.4, -0.2) is 108 Å². The second-order valence-corrected chi connectivity index (χ2v) is 18.5. The van der Waals surface area contributed by atoms with Gasteiger partial charge in [0.25, 0.3) is 5.91 Å². The molecule has 0 spiro atoms. The van der Waals surface area contributed by atoms with Crippen molar-refractivity contribution in [2.24, 2.45) is 40.1 Å². The zero-order valence-corrected chi connectivity index (χ0v) is 42.2. The lowest BCUT2D eigenvalue weighted by molar-refractivity contribution is -0.145. The number of H-pyrrole nitrogens is 1. The van der Waals surface area contributed by atoms with Crippen LogP contribution in [-0.2, 0) is 51.3 Å². The predicted molar refractivity (Wildman–Crippen MR) is 267 cm³/mol. The summed E-state index contributed by atoms with van der Waals surface area (Å²) in [5.41, 5.74) is 17.8. The van der Waals surface area contributed by atoms with Gasteiger partial charge in [0.15, 0.2) is 5.96 Å². The number of nitrogens with one attached hydrogen (secondary N) is 9. The number of carbonyl (C=O) groups is 8. The van der Waals surface area contributed by atoms with Crippen molar-refractivity contribution < 1.29 is 47.8 Å². The van der Waals surface area contributed by atoms with Crippen LogP contribution in [0, 0.1) is 23.7 Å². The van der Waals surface area contributed by atoms with E-state index in [9.17, 15) is 38.4 Å². The molecule has 22 heteroatoms. The first-order valence-corrected chi connectivity index (χ1v) is 23.9. The number of para-hydroxylation sites is 1. The molecule has 71 heavy (non-hydrogen) atoms. The van der Waals surface area contributed by atoms with Gasteiger partial charge in [-0.05, 0) is 60.1 Å². The Bertz CT molecular complexity index is 2280. The second kappa shape index (κ2) is 28.9. The fraction of sp³-hybridized carbons (Fsp3) is 0.531. The Labute approximate surface area is 415 Å². The molecule has 0 bridgehead atoms. The van der Waals surface area contributed by atoms with Crippen molar-refractivity contribution in [1.82, 2.24) is 47.7 Å². The number of amides is 8. The van der Waals surface area contributed by atoms with Gasteiger partial charge in [-0.3, -0.25) is 34.4 Å². The number of ether oxygens (including phenoxy) is 2. The van der Waals surface area contributed by atoms with Crippen molar-refractivity contribution in [2.45, 2.75) is 130 Å². The highest BCUT2D eigenvalue weighted by atomic mass is 16.5. The fourth-order valence-electron chi connectivity index (χ4n) is 7.41. The van der Waals surface area contributed by atoms with E-state index in [1.807, 2.05) is 51.1 Å². The van der Waals surface area contributed by atoms with E-state index >= 15 is 0 Å². The first kappa shape index (κ1) is 57.9. The number of benzene rings is 2. The van der Waals surface area contributed by atoms with Crippen LogP contribution in [0.2, 0.25) is 0 Å². The number of alkyl carbamates (subject to hydrolysis) is 1. The van der Waals surface area contributed by atoms with Gasteiger partial charge in [-0.25, -0.2) is 19.8 Å². The Morgan fingerprint density at radius 1 is 0.662 bits per heavy atom. The molecule has 22 nitrogen and oxygen atoms in total. The summed E-state index contributed by atoms with van der Waals surface area (Å²) in [6, 6.07) is 8.54. The number of guanidine groups is 1. The Morgan fingerprint density at radius 2 is 1.25 bits per heavy atom. The van der Waals surface area contributed by atoms with Crippen LogP contribution in [0.5, 0.6) is 0 Å². The van der Waals surface area contributed by atoms with E-state index < -0.39 is 102 Å². The molecule has 0 saturated heterocycles. The largest absolute Gasteiger partial charge is 0.467 e. The molecule has 1 heterocycles. The highest BCUT2D eigenvalue weighted by molar-refractivity contribution is 5.96. The average Bonchev–Trinajstić information content (AvgIpc) is 3.74. The number of nitrogens with zero attached hydrogens (tertiary/aromatic N) is 1. The number of aliphatic imine (C=N–C) groups is 1. The molecule has 8 amide bonds. The van der Waals surface area contributed by atoms with Gasteiger partial charge in [-0.2, -0.15) is 0 Å². The Morgan fingerprint density at radius 3 is 1.87 bits per heavy atom. The lowest BCUT2D eigenvalue weighted by Crippen LogP contribution is -2.62. The molecule has 13 N–H and O–H groups in total. The van der Waals surface area contributed by atoms with Crippen molar-refractivity contribution in [3.8, 4) is 0 Å². The zero-order valence-electron chi connectivity index (χ0n) is 42.2. The van der Waals surface area contributed by atoms with Crippen LogP contribution in [0.15, 0.2) is 65.8 Å². The summed E-state index contributed by atoms with van der Waals surface area (Å²) >= 11 is 0. The predicted octanol–water partition coefficient (Wildman–Crippen LogP) is 2.27. The van der Waals surface area contributed by atoms with Crippen molar-refractivity contribution in [3.63, 3.8) is 0 Å². The molecule has 2 aromatic carbocycles. The van der Waals surface area contributed by atoms with Crippen LogP contribution < -0.4 is 54.2 Å². The van der Waals surface area contributed by atoms with Crippen molar-refractivity contribution in [2.75, 3.05) is 13.7 Å². The third kappa shape index (κ3) is 19.1. The zero-order chi connectivity index (χ0) is 52.8. The summed E-state index contributed by atoms with van der Waals surface area (Å²) in [5.74, 6) is -5.91. The Kier molecular flexibility index (Phi) is 23.6. The number of esters is 1. The number of hydrazine groups is 1. The van der Waals surface area contributed by atoms with E-state index in [1.54, 1.807) is 65.1 Å². The molecule has 3 rings (SSSR count). The number of hydrogen-bond acceptors (Lipinski definition) is 11. The highest BCUT2D eigenvalue weighted by Gasteiger charge is 2.35. The molecule has 0 aliphatic rings. The van der Waals surface area contributed by atoms with Gasteiger partial charge in [0.2, 0.25) is 23.6 Å². The highest BCUT2D eigenvalue weighted by Crippen LogP contribution is 2.20. The molecule has 0 saturated carbocycles. The number of nitrogens with two attached hydrogens (primary N) is 2. The van der Waals surface area contributed by atoms with E-state index in [0.717, 1.165) is 22.0 Å². The molecule has 0 fully saturated rings. The number of carbonyl (C=O) groups excluding carboxylic acids is 8. The van der Waals surface area contributed by atoms with E-state index in [-0.39, 0.29) is 50.7 Å². The third-order valence-electron chi connectivity index (χ3n) is 11.6. The molecule has 390 valence electrons. The Balaban J connectivity index is 1.68. The summed E-state index contributed by atoms with van der Waals surface area (Å²) in [5, 5.41) is 16.9. The SMILES string of the molecule is CCC(C)C(NC(=O)NNC(=O)C(NC(=O)C(CC(C)C)NC(=O)C(CCCN=C(N)N)NC(=O)OCc1ccccc1)C(C)C)C(=O)NC(C(=O)NC(Cc1c[nH]c2ccccc12)C(=O)OC)C(C)C. The number of aromatic amines is 1. The fourth-order valence-corrected chi connectivity index (χ4v) is 7.41. The van der Waals surface area contributed by atoms with Gasteiger partial charge in [-0.15, -0.1) is 0 Å². The average molecular weight is 991 g/mol. The number of rotatable bonds is 26. The number of hydrogen-bond donors (Lipinski definition) is 11. The van der Waals surface area contributed by atoms with E-state index in [2.05, 4.69) is 52.7 Å². The van der Waals surface area contributed by atoms with Gasteiger partial charge < -0.3 is 57.8 Å². The van der Waals surface area contributed by atoms with Crippen LogP contribution in [0.25, 0.3) is 10.9 Å². The first-order valence-electron chi connectivity index (χ1n) is 23.9. The quantitative estimate of drug-likeness (QED) is 0.0182. The number of fused-ring (bicyclic) bond motifs is 1. The van der Waals surface area contributed by atoms with Gasteiger partial charge in [0.1, 0.15) is 42.9 Å². The number of methoxy groups -OCH3 is 1. The third-order valence-corrected chi connectivity index (χ3v) is 11.6. The van der Waals surface area contributed by atoms with Crippen molar-refractivity contribution in [1.29, 1.82) is 0 Å². The molecule has 7 unspecified atom stereocenters. The standard InChI is InChI=1S/C49H74N12O10/c1-10-30(8)40(44(65)58-38(28(4)5)43(64)55-37(46(67)70-9)24-32-25-53-34-20-15-14-19-33(32)34)59-48(68)61-60-45(66)39(29(6)7)57-42(63)36(23-27(2)3)54-41(62)35(21-16-22-52-47(50)51)56-49(69)71-26-31-17-12-11-13-18-31/h11-15,17-20,25,27-30,35-40,53H,10,16,21-24,26H2,1-9H3,(H,54,62)(H,55,64)(H,56,69)(H,57,63)(H,58,65)(H,60,66)(H4,50,51,52)(H2,59,61,68). The maximum absolute atomic E-state index is 13.9. The summed E-state index contributed by atoms with van der Waals surface area (Å²) in [6.45, 7) is 14.1. The van der Waals surface area contributed by atoms with Crippen LogP contribution in [0.1, 0.15) is 92.2 Å². The Hall–Kier alpha value is -7.39. The normalized spacial score (nSPS) is 14.1. The molecular formula is C49H74N12O10. The minimum atomic E-state index is -1.22. The lowest BCUT2D eigenvalue weighted by atomic mass is 9.96.